The van der Waals surface area contributed by atoms with E-state index in [1.165, 1.54) is 18.9 Å². The maximum Gasteiger partial charge on any atom is 0.239 e. The molecule has 5 nitrogen and oxygen atoms in total. The molecule has 1 aromatic carbocycles. The van der Waals surface area contributed by atoms with Gasteiger partial charge in [-0.15, -0.1) is 0 Å². The monoisotopic (exact) mass is 374 g/mol. The molecule has 2 aliphatic rings. The number of nitrogens with zero attached hydrogens (tertiary/aromatic N) is 2. The van der Waals surface area contributed by atoms with E-state index in [1.54, 1.807) is 4.90 Å². The number of fused-ring (bicyclic) bond motifs is 1. The number of H-pyrrole nitrogens is 1. The molecule has 2 heterocycles. The van der Waals surface area contributed by atoms with Gasteiger partial charge in [0.15, 0.2) is 11.6 Å². The minimum atomic E-state index is -0.911. The van der Waals surface area contributed by atoms with Crippen LogP contribution in [0.5, 0.6) is 0 Å². The molecule has 1 fully saturated rings. The fourth-order valence-corrected chi connectivity index (χ4v) is 4.31. The predicted molar refractivity (Wildman–Crippen MR) is 97.6 cm³/mol. The highest BCUT2D eigenvalue weighted by Crippen LogP contribution is 2.31. The highest BCUT2D eigenvalue weighted by atomic mass is 19.2. The molecule has 0 saturated heterocycles. The Kier molecular flexibility index (Phi) is 4.95. The molecule has 0 unspecified atom stereocenters. The van der Waals surface area contributed by atoms with Gasteiger partial charge in [0.05, 0.1) is 11.7 Å². The zero-order valence-corrected chi connectivity index (χ0v) is 15.2. The summed E-state index contributed by atoms with van der Waals surface area (Å²) in [6, 6.07) is 3.25. The lowest BCUT2D eigenvalue weighted by atomic mass is 9.96. The molecule has 27 heavy (non-hydrogen) atoms. The smallest absolute Gasteiger partial charge is 0.239 e. The number of hydrogen-bond acceptors (Lipinski definition) is 3. The van der Waals surface area contributed by atoms with Gasteiger partial charge in [-0.05, 0) is 30.5 Å². The van der Waals surface area contributed by atoms with Crippen LogP contribution in [-0.4, -0.2) is 33.6 Å². The molecule has 3 N–H and O–H groups in total. The Morgan fingerprint density at radius 2 is 2.07 bits per heavy atom. The average Bonchev–Trinajstić information content (AvgIpc) is 3.32. The van der Waals surface area contributed by atoms with Crippen molar-refractivity contribution in [3.8, 4) is 11.3 Å². The van der Waals surface area contributed by atoms with Gasteiger partial charge in [0.25, 0.3) is 0 Å². The summed E-state index contributed by atoms with van der Waals surface area (Å²) in [5.41, 5.74) is 9.05. The van der Waals surface area contributed by atoms with Gasteiger partial charge in [0.2, 0.25) is 5.91 Å². The maximum atomic E-state index is 13.6. The van der Waals surface area contributed by atoms with Crippen LogP contribution >= 0.6 is 0 Å². The van der Waals surface area contributed by atoms with Gasteiger partial charge in [-0.2, -0.15) is 5.10 Å². The minimum absolute atomic E-state index is 0.0370. The number of carbonyl (C=O) groups excluding carboxylic acids is 1. The molecule has 144 valence electrons. The van der Waals surface area contributed by atoms with Crippen molar-refractivity contribution in [1.82, 2.24) is 15.1 Å². The summed E-state index contributed by atoms with van der Waals surface area (Å²) in [5, 5.41) is 7.25. The number of aromatic nitrogens is 2. The Labute approximate surface area is 156 Å². The first-order valence-corrected chi connectivity index (χ1v) is 9.59. The number of rotatable bonds is 4. The largest absolute Gasteiger partial charge is 0.336 e. The Hall–Kier alpha value is -2.28. The molecule has 4 rings (SSSR count). The van der Waals surface area contributed by atoms with Crippen LogP contribution in [0.3, 0.4) is 0 Å². The summed E-state index contributed by atoms with van der Waals surface area (Å²) in [6.07, 6.45) is 6.16. The molecule has 1 aliphatic carbocycles. The molecule has 1 aliphatic heterocycles. The predicted octanol–water partition coefficient (Wildman–Crippen LogP) is 3.15. The van der Waals surface area contributed by atoms with Crippen molar-refractivity contribution >= 4 is 5.91 Å². The van der Waals surface area contributed by atoms with Crippen LogP contribution in [0.1, 0.15) is 43.4 Å². The number of nitrogens with two attached hydrogens (primary N) is 1. The van der Waals surface area contributed by atoms with Crippen LogP contribution in [0, 0.1) is 17.6 Å². The summed E-state index contributed by atoms with van der Waals surface area (Å²) in [5.74, 6) is -1.29. The zero-order valence-electron chi connectivity index (χ0n) is 15.2. The van der Waals surface area contributed by atoms with Crippen LogP contribution in [0.2, 0.25) is 0 Å². The summed E-state index contributed by atoms with van der Waals surface area (Å²) in [6.45, 7) is 0.973. The lowest BCUT2D eigenvalue weighted by molar-refractivity contribution is -0.133. The topological polar surface area (TPSA) is 75.0 Å². The van der Waals surface area contributed by atoms with Gasteiger partial charge in [0.1, 0.15) is 0 Å². The van der Waals surface area contributed by atoms with Gasteiger partial charge in [-0.1, -0.05) is 25.7 Å². The molecular weight excluding hydrogens is 350 g/mol. The van der Waals surface area contributed by atoms with E-state index in [4.69, 9.17) is 5.73 Å². The van der Waals surface area contributed by atoms with Crippen molar-refractivity contribution in [1.29, 1.82) is 0 Å². The lowest BCUT2D eigenvalue weighted by Gasteiger charge is -2.30. The van der Waals surface area contributed by atoms with E-state index < -0.39 is 17.7 Å². The third kappa shape index (κ3) is 3.60. The second-order valence-corrected chi connectivity index (χ2v) is 7.66. The van der Waals surface area contributed by atoms with Gasteiger partial charge < -0.3 is 10.6 Å². The van der Waals surface area contributed by atoms with E-state index in [2.05, 4.69) is 10.2 Å². The number of carbonyl (C=O) groups is 1. The number of amides is 1. The molecule has 1 aromatic heterocycles. The van der Waals surface area contributed by atoms with Crippen LogP contribution < -0.4 is 5.73 Å². The highest BCUT2D eigenvalue weighted by Gasteiger charge is 2.30. The molecule has 7 heteroatoms. The third-order valence-corrected chi connectivity index (χ3v) is 5.82. The van der Waals surface area contributed by atoms with Crippen molar-refractivity contribution in [3.05, 3.63) is 41.1 Å². The number of nitrogens with one attached hydrogen (secondary N) is 1. The molecule has 1 saturated carbocycles. The molecule has 1 amide bonds. The van der Waals surface area contributed by atoms with Gasteiger partial charge in [-0.25, -0.2) is 8.78 Å². The van der Waals surface area contributed by atoms with Crippen molar-refractivity contribution in [3.63, 3.8) is 0 Å². The van der Waals surface area contributed by atoms with E-state index in [1.807, 2.05) is 0 Å². The fraction of sp³-hybridized carbons (Fsp3) is 0.500. The van der Waals surface area contributed by atoms with Gasteiger partial charge >= 0.3 is 0 Å². The Morgan fingerprint density at radius 1 is 1.30 bits per heavy atom. The molecule has 0 spiro atoms. The SMILES string of the molecule is N[C@@H](CC1CCCC1)C(=O)N1CCc2[nH]nc(-c3ccc(F)c(F)c3)c2C1. The Morgan fingerprint density at radius 3 is 2.81 bits per heavy atom. The number of aromatic amines is 1. The summed E-state index contributed by atoms with van der Waals surface area (Å²) in [7, 11) is 0. The quantitative estimate of drug-likeness (QED) is 0.863. The van der Waals surface area contributed by atoms with E-state index in [9.17, 15) is 13.6 Å². The standard InChI is InChI=1S/C20H24F2N4O/c21-15-6-5-13(10-16(15)22)19-14-11-26(8-7-18(14)24-25-19)20(27)17(23)9-12-3-1-2-4-12/h5-6,10,12,17H,1-4,7-9,11,23H2,(H,24,25)/t17-/m0/s1. The van der Waals surface area contributed by atoms with Crippen LogP contribution in [0.15, 0.2) is 18.2 Å². The molecule has 2 aromatic rings. The summed E-state index contributed by atoms with van der Waals surface area (Å²) >= 11 is 0. The number of halogens is 2. The second-order valence-electron chi connectivity index (χ2n) is 7.66. The van der Waals surface area contributed by atoms with Gasteiger partial charge in [0, 0.05) is 36.3 Å². The minimum Gasteiger partial charge on any atom is -0.336 e. The van der Waals surface area contributed by atoms with E-state index >= 15 is 0 Å². The van der Waals surface area contributed by atoms with Crippen molar-refractivity contribution in [2.45, 2.75) is 51.1 Å². The fourth-order valence-electron chi connectivity index (χ4n) is 4.31. The first-order chi connectivity index (χ1) is 13.0. The zero-order chi connectivity index (χ0) is 19.0. The average molecular weight is 374 g/mol. The first-order valence-electron chi connectivity index (χ1n) is 9.59. The van der Waals surface area contributed by atoms with E-state index in [0.717, 1.165) is 42.7 Å². The first kappa shape index (κ1) is 18.1. The molecular formula is C20H24F2N4O. The van der Waals surface area contributed by atoms with E-state index in [0.29, 0.717) is 36.7 Å². The van der Waals surface area contributed by atoms with Gasteiger partial charge in [-0.3, -0.25) is 9.89 Å². The van der Waals surface area contributed by atoms with Crippen LogP contribution in [0.4, 0.5) is 8.78 Å². The highest BCUT2D eigenvalue weighted by molar-refractivity contribution is 5.82. The normalized spacial score (nSPS) is 18.6. The summed E-state index contributed by atoms with van der Waals surface area (Å²) in [4.78, 5) is 14.6. The Balaban J connectivity index is 1.51. The third-order valence-electron chi connectivity index (χ3n) is 5.82. The number of benzene rings is 1. The number of hydrogen-bond donors (Lipinski definition) is 2. The molecule has 0 bridgehead atoms. The van der Waals surface area contributed by atoms with Crippen LogP contribution in [-0.2, 0) is 17.8 Å². The second kappa shape index (κ2) is 7.38. The van der Waals surface area contributed by atoms with Crippen molar-refractivity contribution in [2.75, 3.05) is 6.54 Å². The van der Waals surface area contributed by atoms with Crippen molar-refractivity contribution in [2.24, 2.45) is 11.7 Å². The molecule has 1 atom stereocenters. The lowest BCUT2D eigenvalue weighted by Crippen LogP contribution is -2.46. The maximum absolute atomic E-state index is 13.6. The Bertz CT molecular complexity index is 845. The molecule has 0 radical (unpaired) electrons. The van der Waals surface area contributed by atoms with Crippen LogP contribution in [0.25, 0.3) is 11.3 Å². The van der Waals surface area contributed by atoms with Crippen molar-refractivity contribution < 1.29 is 13.6 Å². The van der Waals surface area contributed by atoms with E-state index in [-0.39, 0.29) is 5.91 Å². The summed E-state index contributed by atoms with van der Waals surface area (Å²) < 4.78 is 26.8.